The fourth-order valence-electron chi connectivity index (χ4n) is 3.01. The number of aromatic nitrogens is 6. The summed E-state index contributed by atoms with van der Waals surface area (Å²) in [6.07, 6.45) is -3.21. The lowest BCUT2D eigenvalue weighted by Gasteiger charge is -2.09. The van der Waals surface area contributed by atoms with Crippen LogP contribution in [0.25, 0.3) is 5.65 Å². The van der Waals surface area contributed by atoms with Crippen LogP contribution in [0.4, 0.5) is 19.1 Å². The van der Waals surface area contributed by atoms with Crippen LogP contribution < -0.4 is 5.32 Å². The van der Waals surface area contributed by atoms with Crippen molar-refractivity contribution in [3.8, 4) is 0 Å². The second-order valence-corrected chi connectivity index (χ2v) is 7.62. The summed E-state index contributed by atoms with van der Waals surface area (Å²) >= 11 is 3.14. The molecule has 31 heavy (non-hydrogen) atoms. The third kappa shape index (κ3) is 4.15. The highest BCUT2D eigenvalue weighted by molar-refractivity contribution is 9.10. The number of alkyl halides is 3. The molecule has 8 nitrogen and oxygen atoms in total. The first kappa shape index (κ1) is 21.0. The lowest BCUT2D eigenvalue weighted by Crippen LogP contribution is -2.16. The Morgan fingerprint density at radius 2 is 1.94 bits per heavy atom. The van der Waals surface area contributed by atoms with Gasteiger partial charge in [-0.3, -0.25) is 10.1 Å². The molecule has 1 N–H and O–H groups in total. The normalized spacial score (nSPS) is 11.8. The average Bonchev–Trinajstić information content (AvgIpc) is 3.27. The Morgan fingerprint density at radius 1 is 1.19 bits per heavy atom. The van der Waals surface area contributed by atoms with E-state index in [1.54, 1.807) is 4.68 Å². The Kier molecular flexibility index (Phi) is 5.25. The summed E-state index contributed by atoms with van der Waals surface area (Å²) in [4.78, 5) is 20.8. The molecule has 0 fully saturated rings. The summed E-state index contributed by atoms with van der Waals surface area (Å²) in [5, 5.41) is 10.5. The predicted octanol–water partition coefficient (Wildman–Crippen LogP) is 4.02. The maximum absolute atomic E-state index is 13.4. The van der Waals surface area contributed by atoms with Gasteiger partial charge in [0.1, 0.15) is 12.0 Å². The number of halogens is 4. The molecule has 0 bridgehead atoms. The van der Waals surface area contributed by atoms with Crippen LogP contribution in [0.3, 0.4) is 0 Å². The quantitative estimate of drug-likeness (QED) is 0.463. The number of fused-ring (bicyclic) bond motifs is 1. The predicted molar refractivity (Wildman–Crippen MR) is 109 cm³/mol. The molecule has 0 radical (unpaired) electrons. The van der Waals surface area contributed by atoms with Crippen LogP contribution in [0.15, 0.2) is 41.1 Å². The molecule has 0 spiro atoms. The number of aryl methyl sites for hydroxylation is 2. The van der Waals surface area contributed by atoms with E-state index in [1.807, 2.05) is 31.2 Å². The van der Waals surface area contributed by atoms with Gasteiger partial charge >= 0.3 is 6.18 Å². The number of carbonyl (C=O) groups is 1. The minimum Gasteiger partial charge on any atom is -0.288 e. The van der Waals surface area contributed by atoms with E-state index in [-0.39, 0.29) is 27.5 Å². The highest BCUT2D eigenvalue weighted by Crippen LogP contribution is 2.32. The van der Waals surface area contributed by atoms with Gasteiger partial charge in [-0.05, 0) is 47.0 Å². The van der Waals surface area contributed by atoms with Crippen molar-refractivity contribution in [3.63, 3.8) is 0 Å². The number of amides is 1. The summed E-state index contributed by atoms with van der Waals surface area (Å²) < 4.78 is 42.3. The van der Waals surface area contributed by atoms with Gasteiger partial charge in [-0.1, -0.05) is 24.3 Å². The lowest BCUT2D eigenvalue weighted by molar-refractivity contribution is -0.142. The minimum atomic E-state index is -4.67. The summed E-state index contributed by atoms with van der Waals surface area (Å²) in [6, 6.07) is 8.63. The van der Waals surface area contributed by atoms with Gasteiger partial charge in [-0.2, -0.15) is 18.3 Å². The van der Waals surface area contributed by atoms with Gasteiger partial charge in [0, 0.05) is 5.69 Å². The molecule has 160 valence electrons. The van der Waals surface area contributed by atoms with Crippen molar-refractivity contribution in [2.45, 2.75) is 26.6 Å². The van der Waals surface area contributed by atoms with Crippen LogP contribution in [0.5, 0.6) is 0 Å². The summed E-state index contributed by atoms with van der Waals surface area (Å²) in [5.41, 5.74) is 0.851. The number of anilines is 1. The van der Waals surface area contributed by atoms with Crippen molar-refractivity contribution in [2.24, 2.45) is 0 Å². The van der Waals surface area contributed by atoms with Crippen molar-refractivity contribution in [3.05, 3.63) is 69.3 Å². The molecule has 0 saturated heterocycles. The molecule has 1 aromatic carbocycles. The molecule has 3 aromatic heterocycles. The second-order valence-electron chi connectivity index (χ2n) is 6.82. The van der Waals surface area contributed by atoms with Crippen molar-refractivity contribution in [2.75, 3.05) is 5.32 Å². The highest BCUT2D eigenvalue weighted by atomic mass is 79.9. The number of carbonyl (C=O) groups excluding carboxylic acids is 1. The molecule has 3 heterocycles. The van der Waals surface area contributed by atoms with Gasteiger partial charge in [-0.25, -0.2) is 19.2 Å². The molecule has 0 atom stereocenters. The van der Waals surface area contributed by atoms with Gasteiger partial charge in [-0.15, -0.1) is 5.10 Å². The molecule has 0 aliphatic carbocycles. The van der Waals surface area contributed by atoms with Gasteiger partial charge < -0.3 is 0 Å². The zero-order chi connectivity index (χ0) is 22.3. The molecule has 4 rings (SSSR count). The maximum atomic E-state index is 13.4. The number of nitrogens with zero attached hydrogens (tertiary/aromatic N) is 6. The molecule has 12 heteroatoms. The smallest absolute Gasteiger partial charge is 0.288 e. The van der Waals surface area contributed by atoms with Gasteiger partial charge in [0.05, 0.1) is 11.0 Å². The van der Waals surface area contributed by atoms with Gasteiger partial charge in [0.25, 0.3) is 5.91 Å². The first-order chi connectivity index (χ1) is 14.6. The standard InChI is InChI=1S/C19H15BrF3N7O/c1-10-5-3-4-6-12(10)8-29-9-24-18(28-29)26-17(31)15-14(20)16-25-11(2)7-13(19(21,22)23)30(16)27-15/h3-7,9H,8H2,1-2H3,(H,26,28,31). The van der Waals surface area contributed by atoms with Crippen LogP contribution >= 0.6 is 15.9 Å². The van der Waals surface area contributed by atoms with E-state index in [2.05, 4.69) is 41.4 Å². The average molecular weight is 494 g/mol. The van der Waals surface area contributed by atoms with Crippen LogP contribution in [-0.2, 0) is 12.7 Å². The number of nitrogens with one attached hydrogen (secondary N) is 1. The molecular formula is C19H15BrF3N7O. The Labute approximate surface area is 182 Å². The van der Waals surface area contributed by atoms with E-state index in [0.29, 0.717) is 11.1 Å². The van der Waals surface area contributed by atoms with Crippen molar-refractivity contribution in [1.29, 1.82) is 0 Å². The third-order valence-corrected chi connectivity index (χ3v) is 5.25. The molecule has 0 unspecified atom stereocenters. The highest BCUT2D eigenvalue weighted by Gasteiger charge is 2.36. The van der Waals surface area contributed by atoms with Gasteiger partial charge in [0.15, 0.2) is 11.3 Å². The first-order valence-corrected chi connectivity index (χ1v) is 9.81. The van der Waals surface area contributed by atoms with E-state index in [9.17, 15) is 18.0 Å². The van der Waals surface area contributed by atoms with Crippen molar-refractivity contribution < 1.29 is 18.0 Å². The second kappa shape index (κ2) is 7.76. The van der Waals surface area contributed by atoms with E-state index < -0.39 is 17.8 Å². The third-order valence-electron chi connectivity index (χ3n) is 4.52. The molecular weight excluding hydrogens is 479 g/mol. The van der Waals surface area contributed by atoms with E-state index in [0.717, 1.165) is 17.2 Å². The monoisotopic (exact) mass is 493 g/mol. The van der Waals surface area contributed by atoms with E-state index in [1.165, 1.54) is 13.3 Å². The molecule has 4 aromatic rings. The number of hydrogen-bond acceptors (Lipinski definition) is 5. The fraction of sp³-hybridized carbons (Fsp3) is 0.211. The fourth-order valence-corrected chi connectivity index (χ4v) is 3.53. The largest absolute Gasteiger partial charge is 0.433 e. The first-order valence-electron chi connectivity index (χ1n) is 9.02. The molecule has 1 amide bonds. The zero-order valence-electron chi connectivity index (χ0n) is 16.3. The Balaban J connectivity index is 1.60. The van der Waals surface area contributed by atoms with E-state index >= 15 is 0 Å². The number of rotatable bonds is 4. The molecule has 0 saturated carbocycles. The minimum absolute atomic E-state index is 0.00252. The lowest BCUT2D eigenvalue weighted by atomic mass is 10.1. The summed E-state index contributed by atoms with van der Waals surface area (Å²) in [6.45, 7) is 3.85. The van der Waals surface area contributed by atoms with Crippen LogP contribution in [0.1, 0.15) is 33.0 Å². The summed E-state index contributed by atoms with van der Waals surface area (Å²) in [5.74, 6) is -0.764. The van der Waals surface area contributed by atoms with Crippen LogP contribution in [0, 0.1) is 13.8 Å². The van der Waals surface area contributed by atoms with Crippen LogP contribution in [-0.4, -0.2) is 35.3 Å². The van der Waals surface area contributed by atoms with Crippen LogP contribution in [0.2, 0.25) is 0 Å². The molecule has 0 aliphatic rings. The van der Waals surface area contributed by atoms with E-state index in [4.69, 9.17) is 0 Å². The number of benzene rings is 1. The zero-order valence-corrected chi connectivity index (χ0v) is 17.9. The Hall–Kier alpha value is -3.28. The summed E-state index contributed by atoms with van der Waals surface area (Å²) in [7, 11) is 0. The Bertz CT molecular complexity index is 1300. The van der Waals surface area contributed by atoms with Gasteiger partial charge in [0.2, 0.25) is 5.95 Å². The number of hydrogen-bond donors (Lipinski definition) is 1. The molecule has 0 aliphatic heterocycles. The van der Waals surface area contributed by atoms with Crippen molar-refractivity contribution in [1.82, 2.24) is 29.4 Å². The Morgan fingerprint density at radius 3 is 2.65 bits per heavy atom. The topological polar surface area (TPSA) is 90.0 Å². The van der Waals surface area contributed by atoms with Crippen molar-refractivity contribution >= 4 is 33.4 Å². The SMILES string of the molecule is Cc1cc(C(F)(F)F)n2nc(C(=O)Nc3ncn(Cc4ccccc4C)n3)c(Br)c2n1. The maximum Gasteiger partial charge on any atom is 0.433 e.